The first-order valence-electron chi connectivity index (χ1n) is 8.36. The molecule has 0 saturated heterocycles. The van der Waals surface area contributed by atoms with Crippen molar-refractivity contribution in [1.29, 1.82) is 0 Å². The third-order valence-electron chi connectivity index (χ3n) is 3.57. The highest BCUT2D eigenvalue weighted by molar-refractivity contribution is 4.88. The van der Waals surface area contributed by atoms with Crippen LogP contribution in [0.5, 0.6) is 0 Å². The monoisotopic (exact) mass is 269 g/mol. The molecule has 0 heterocycles. The number of allylic oxidation sites excluding steroid dienone is 1. The van der Waals surface area contributed by atoms with E-state index in [0.29, 0.717) is 6.54 Å². The fraction of sp³-hybridized carbons (Fsp3) is 0.882. The van der Waals surface area contributed by atoms with E-state index >= 15 is 0 Å². The van der Waals surface area contributed by atoms with Gasteiger partial charge in [0.05, 0.1) is 6.10 Å². The Labute approximate surface area is 120 Å². The first kappa shape index (κ1) is 18.7. The molecular weight excluding hydrogens is 234 g/mol. The van der Waals surface area contributed by atoms with Crippen LogP contribution in [0.15, 0.2) is 12.2 Å². The van der Waals surface area contributed by atoms with Crippen LogP contribution in [0.3, 0.4) is 0 Å². The van der Waals surface area contributed by atoms with Crippen LogP contribution >= 0.6 is 0 Å². The van der Waals surface area contributed by atoms with Crippen LogP contribution in [-0.2, 0) is 0 Å². The summed E-state index contributed by atoms with van der Waals surface area (Å²) < 4.78 is 0. The second-order valence-electron chi connectivity index (χ2n) is 5.56. The molecular formula is C17H35NO. The van der Waals surface area contributed by atoms with Gasteiger partial charge in [-0.15, -0.1) is 0 Å². The van der Waals surface area contributed by atoms with E-state index in [1.165, 1.54) is 70.6 Å². The molecule has 0 saturated carbocycles. The molecule has 114 valence electrons. The van der Waals surface area contributed by atoms with Gasteiger partial charge < -0.3 is 10.8 Å². The number of unbranched alkanes of at least 4 members (excludes halogenated alkanes) is 11. The predicted octanol–water partition coefficient (Wildman–Crippen LogP) is 4.56. The summed E-state index contributed by atoms with van der Waals surface area (Å²) in [4.78, 5) is 0. The third kappa shape index (κ3) is 15.6. The van der Waals surface area contributed by atoms with E-state index in [-0.39, 0.29) is 0 Å². The molecule has 0 aliphatic rings. The highest BCUT2D eigenvalue weighted by Crippen LogP contribution is 2.11. The molecule has 19 heavy (non-hydrogen) atoms. The lowest BCUT2D eigenvalue weighted by molar-refractivity contribution is 0.231. The molecule has 0 aromatic rings. The molecule has 0 spiro atoms. The number of hydrogen-bond donors (Lipinski definition) is 2. The summed E-state index contributed by atoms with van der Waals surface area (Å²) >= 11 is 0. The van der Waals surface area contributed by atoms with E-state index in [9.17, 15) is 5.11 Å². The van der Waals surface area contributed by atoms with Crippen LogP contribution in [0, 0.1) is 0 Å². The summed E-state index contributed by atoms with van der Waals surface area (Å²) in [5.41, 5.74) is 5.32. The Hall–Kier alpha value is -0.340. The first-order valence-corrected chi connectivity index (χ1v) is 8.36. The lowest BCUT2D eigenvalue weighted by Crippen LogP contribution is -2.16. The van der Waals surface area contributed by atoms with E-state index < -0.39 is 6.10 Å². The Balaban J connectivity index is 3.05. The van der Waals surface area contributed by atoms with Crippen molar-refractivity contribution in [3.8, 4) is 0 Å². The second-order valence-corrected chi connectivity index (χ2v) is 5.56. The maximum Gasteiger partial charge on any atom is 0.0843 e. The molecule has 0 aliphatic heterocycles. The van der Waals surface area contributed by atoms with Crippen molar-refractivity contribution >= 4 is 0 Å². The van der Waals surface area contributed by atoms with Crippen molar-refractivity contribution in [2.45, 2.75) is 90.1 Å². The molecule has 0 aliphatic carbocycles. The molecule has 1 atom stereocenters. The summed E-state index contributed by atoms with van der Waals surface area (Å²) in [5, 5.41) is 9.22. The van der Waals surface area contributed by atoms with Crippen molar-refractivity contribution in [3.05, 3.63) is 12.2 Å². The number of rotatable bonds is 14. The van der Waals surface area contributed by atoms with Gasteiger partial charge in [0.2, 0.25) is 0 Å². The molecule has 0 bridgehead atoms. The van der Waals surface area contributed by atoms with Crippen molar-refractivity contribution in [3.63, 3.8) is 0 Å². The molecule has 0 rings (SSSR count). The minimum Gasteiger partial charge on any atom is -0.388 e. The van der Waals surface area contributed by atoms with Crippen LogP contribution in [0.4, 0.5) is 0 Å². The second kappa shape index (κ2) is 15.7. The summed E-state index contributed by atoms with van der Waals surface area (Å²) in [6.07, 6.45) is 19.7. The Morgan fingerprint density at radius 2 is 1.32 bits per heavy atom. The van der Waals surface area contributed by atoms with Gasteiger partial charge in [-0.3, -0.25) is 0 Å². The fourth-order valence-corrected chi connectivity index (χ4v) is 2.26. The van der Waals surface area contributed by atoms with E-state index in [1.54, 1.807) is 0 Å². The van der Waals surface area contributed by atoms with E-state index in [4.69, 9.17) is 5.73 Å². The standard InChI is InChI=1S/C17H35NO/c1-2-3-4-5-6-7-8-9-10-11-12-13-14-15-17(19)16-18/h14-15,17,19H,2-13,16,18H2,1H3/b15-14+. The van der Waals surface area contributed by atoms with Gasteiger partial charge in [0.25, 0.3) is 0 Å². The zero-order valence-corrected chi connectivity index (χ0v) is 12.9. The van der Waals surface area contributed by atoms with Crippen molar-refractivity contribution in [2.75, 3.05) is 6.54 Å². The van der Waals surface area contributed by atoms with Gasteiger partial charge in [0.1, 0.15) is 0 Å². The smallest absolute Gasteiger partial charge is 0.0843 e. The van der Waals surface area contributed by atoms with Gasteiger partial charge in [0.15, 0.2) is 0 Å². The van der Waals surface area contributed by atoms with Gasteiger partial charge in [-0.25, -0.2) is 0 Å². The number of aliphatic hydroxyl groups is 1. The fourth-order valence-electron chi connectivity index (χ4n) is 2.26. The largest absolute Gasteiger partial charge is 0.388 e. The van der Waals surface area contributed by atoms with Crippen LogP contribution in [-0.4, -0.2) is 17.8 Å². The van der Waals surface area contributed by atoms with Crippen LogP contribution in [0.25, 0.3) is 0 Å². The van der Waals surface area contributed by atoms with E-state index in [2.05, 4.69) is 13.0 Å². The molecule has 2 nitrogen and oxygen atoms in total. The van der Waals surface area contributed by atoms with Crippen LogP contribution in [0.2, 0.25) is 0 Å². The van der Waals surface area contributed by atoms with Gasteiger partial charge in [-0.05, 0) is 12.8 Å². The van der Waals surface area contributed by atoms with E-state index in [1.807, 2.05) is 6.08 Å². The van der Waals surface area contributed by atoms with Gasteiger partial charge >= 0.3 is 0 Å². The minimum absolute atomic E-state index is 0.328. The highest BCUT2D eigenvalue weighted by Gasteiger charge is 1.93. The maximum atomic E-state index is 9.22. The third-order valence-corrected chi connectivity index (χ3v) is 3.57. The predicted molar refractivity (Wildman–Crippen MR) is 85.3 cm³/mol. The molecule has 2 heteroatoms. The normalized spacial score (nSPS) is 13.2. The quantitative estimate of drug-likeness (QED) is 0.358. The van der Waals surface area contributed by atoms with Crippen LogP contribution in [0.1, 0.15) is 84.0 Å². The molecule has 3 N–H and O–H groups in total. The summed E-state index contributed by atoms with van der Waals surface area (Å²) in [7, 11) is 0. The number of hydrogen-bond acceptors (Lipinski definition) is 2. The van der Waals surface area contributed by atoms with Gasteiger partial charge in [-0.1, -0.05) is 83.3 Å². The Morgan fingerprint density at radius 1 is 0.842 bits per heavy atom. The topological polar surface area (TPSA) is 46.2 Å². The molecule has 0 aromatic heterocycles. The van der Waals surface area contributed by atoms with Crippen LogP contribution < -0.4 is 5.73 Å². The molecule has 0 fully saturated rings. The average Bonchev–Trinajstić information content (AvgIpc) is 2.43. The average molecular weight is 269 g/mol. The van der Waals surface area contributed by atoms with Gasteiger partial charge in [-0.2, -0.15) is 0 Å². The molecule has 0 radical (unpaired) electrons. The zero-order valence-electron chi connectivity index (χ0n) is 12.9. The SMILES string of the molecule is CCCCCCCCCCCCC/C=C/C(O)CN. The number of nitrogens with two attached hydrogens (primary N) is 1. The van der Waals surface area contributed by atoms with Crippen molar-refractivity contribution < 1.29 is 5.11 Å². The summed E-state index contributed by atoms with van der Waals surface area (Å²) in [6.45, 7) is 2.60. The Morgan fingerprint density at radius 3 is 1.79 bits per heavy atom. The molecule has 0 amide bonds. The lowest BCUT2D eigenvalue weighted by Gasteiger charge is -2.02. The van der Waals surface area contributed by atoms with E-state index in [0.717, 1.165) is 6.42 Å². The molecule has 1 unspecified atom stereocenters. The minimum atomic E-state index is -0.451. The molecule has 0 aromatic carbocycles. The maximum absolute atomic E-state index is 9.22. The Bertz CT molecular complexity index is 192. The summed E-state index contributed by atoms with van der Waals surface area (Å²) in [5.74, 6) is 0. The first-order chi connectivity index (χ1) is 9.31. The highest BCUT2D eigenvalue weighted by atomic mass is 16.3. The van der Waals surface area contributed by atoms with Gasteiger partial charge in [0, 0.05) is 6.54 Å². The Kier molecular flexibility index (Phi) is 15.4. The lowest BCUT2D eigenvalue weighted by atomic mass is 10.1. The summed E-state index contributed by atoms with van der Waals surface area (Å²) in [6, 6.07) is 0. The zero-order chi connectivity index (χ0) is 14.2. The van der Waals surface area contributed by atoms with Crippen molar-refractivity contribution in [2.24, 2.45) is 5.73 Å². The number of aliphatic hydroxyl groups excluding tert-OH is 1. The van der Waals surface area contributed by atoms with Crippen molar-refractivity contribution in [1.82, 2.24) is 0 Å².